The predicted molar refractivity (Wildman–Crippen MR) is 97.4 cm³/mol. The third-order valence-corrected chi connectivity index (χ3v) is 8.59. The summed E-state index contributed by atoms with van der Waals surface area (Å²) in [6, 6.07) is -0.500. The zero-order valence-electron chi connectivity index (χ0n) is 15.4. The van der Waals surface area contributed by atoms with Crippen molar-refractivity contribution in [2.45, 2.75) is 70.3 Å². The summed E-state index contributed by atoms with van der Waals surface area (Å²) in [6.07, 6.45) is 13.1. The number of amides is 1. The Morgan fingerprint density at radius 1 is 1.08 bits per heavy atom. The summed E-state index contributed by atoms with van der Waals surface area (Å²) in [5, 5.41) is 3.08. The largest absolute Gasteiger partial charge is 0.355 e. The van der Waals surface area contributed by atoms with Gasteiger partial charge in [0.05, 0.1) is 6.26 Å². The number of hydrogen-bond donors (Lipinski definition) is 1. The van der Waals surface area contributed by atoms with Crippen molar-refractivity contribution in [2.75, 3.05) is 19.3 Å². The van der Waals surface area contributed by atoms with Gasteiger partial charge in [0.25, 0.3) is 0 Å². The number of rotatable bonds is 5. The first kappa shape index (κ1) is 17.8. The molecule has 1 unspecified atom stereocenters. The average Bonchev–Trinajstić information content (AvgIpc) is 2.52. The lowest BCUT2D eigenvalue weighted by atomic mass is 9.49. The second-order valence-corrected chi connectivity index (χ2v) is 11.3. The van der Waals surface area contributed by atoms with Crippen LogP contribution < -0.4 is 5.32 Å². The summed E-state index contributed by atoms with van der Waals surface area (Å²) < 4.78 is 25.3. The molecular formula is C19H32N2O3S. The molecule has 1 aliphatic heterocycles. The molecule has 0 spiro atoms. The highest BCUT2D eigenvalue weighted by Gasteiger charge is 2.50. The van der Waals surface area contributed by atoms with Crippen LogP contribution in [0.15, 0.2) is 0 Å². The van der Waals surface area contributed by atoms with Gasteiger partial charge in [-0.2, -0.15) is 4.31 Å². The lowest BCUT2D eigenvalue weighted by Gasteiger charge is -2.57. The Morgan fingerprint density at radius 2 is 1.68 bits per heavy atom. The van der Waals surface area contributed by atoms with E-state index in [4.69, 9.17) is 0 Å². The third-order valence-electron chi connectivity index (χ3n) is 7.30. The number of nitrogens with zero attached hydrogens (tertiary/aromatic N) is 1. The van der Waals surface area contributed by atoms with Crippen molar-refractivity contribution in [3.8, 4) is 0 Å². The van der Waals surface area contributed by atoms with Crippen LogP contribution in [0.4, 0.5) is 0 Å². The molecule has 1 atom stereocenters. The van der Waals surface area contributed by atoms with Crippen LogP contribution in [0.1, 0.15) is 64.2 Å². The molecule has 142 valence electrons. The van der Waals surface area contributed by atoms with Crippen LogP contribution in [0.3, 0.4) is 0 Å². The van der Waals surface area contributed by atoms with Crippen molar-refractivity contribution < 1.29 is 13.2 Å². The van der Waals surface area contributed by atoms with E-state index in [1.54, 1.807) is 0 Å². The van der Waals surface area contributed by atoms with Gasteiger partial charge < -0.3 is 5.32 Å². The van der Waals surface area contributed by atoms with Gasteiger partial charge in [0.15, 0.2) is 0 Å². The highest BCUT2D eigenvalue weighted by molar-refractivity contribution is 7.88. The smallest absolute Gasteiger partial charge is 0.238 e. The molecule has 6 heteroatoms. The van der Waals surface area contributed by atoms with Crippen LogP contribution >= 0.6 is 0 Å². The molecule has 0 aromatic carbocycles. The monoisotopic (exact) mass is 368 g/mol. The first-order chi connectivity index (χ1) is 11.8. The molecule has 0 aromatic heterocycles. The summed E-state index contributed by atoms with van der Waals surface area (Å²) in [5.41, 5.74) is 0.463. The van der Waals surface area contributed by atoms with E-state index in [1.165, 1.54) is 49.1 Å². The fourth-order valence-corrected chi connectivity index (χ4v) is 7.85. The van der Waals surface area contributed by atoms with E-state index in [2.05, 4.69) is 5.32 Å². The van der Waals surface area contributed by atoms with Crippen molar-refractivity contribution in [1.29, 1.82) is 0 Å². The first-order valence-electron chi connectivity index (χ1n) is 10.1. The molecule has 1 saturated heterocycles. The Kier molecular flexibility index (Phi) is 4.64. The molecule has 5 rings (SSSR count). The van der Waals surface area contributed by atoms with Crippen molar-refractivity contribution in [1.82, 2.24) is 9.62 Å². The van der Waals surface area contributed by atoms with E-state index in [-0.39, 0.29) is 5.91 Å². The summed E-state index contributed by atoms with van der Waals surface area (Å²) in [6.45, 7) is 1.19. The number of sulfonamides is 1. The third kappa shape index (κ3) is 3.61. The molecule has 0 radical (unpaired) electrons. The highest BCUT2D eigenvalue weighted by atomic mass is 32.2. The Hall–Kier alpha value is -0.620. The average molecular weight is 369 g/mol. The van der Waals surface area contributed by atoms with Gasteiger partial charge in [-0.25, -0.2) is 8.42 Å². The van der Waals surface area contributed by atoms with E-state index in [1.807, 2.05) is 0 Å². The molecular weight excluding hydrogens is 336 g/mol. The minimum absolute atomic E-state index is 0.0881. The normalized spacial score (nSPS) is 41.0. The van der Waals surface area contributed by atoms with Gasteiger partial charge in [-0.3, -0.25) is 4.79 Å². The molecule has 5 aliphatic rings. The fourth-order valence-electron chi connectivity index (χ4n) is 6.73. The Bertz CT molecular complexity index is 595. The van der Waals surface area contributed by atoms with Crippen LogP contribution in [-0.4, -0.2) is 44.0 Å². The molecule has 1 amide bonds. The molecule has 0 aromatic rings. The van der Waals surface area contributed by atoms with Crippen molar-refractivity contribution in [3.63, 3.8) is 0 Å². The predicted octanol–water partition coefficient (Wildman–Crippen LogP) is 2.52. The zero-order valence-corrected chi connectivity index (χ0v) is 16.2. The zero-order chi connectivity index (χ0) is 17.7. The number of hydrogen-bond acceptors (Lipinski definition) is 3. The van der Waals surface area contributed by atoms with E-state index < -0.39 is 16.1 Å². The maximum atomic E-state index is 12.6. The first-order valence-corrected chi connectivity index (χ1v) is 11.9. The SMILES string of the molecule is CS(=O)(=O)N1CCCCC1C(=O)NCCC12CC3CC(CC(C3)C1)C2. The van der Waals surface area contributed by atoms with Crippen LogP contribution in [0.2, 0.25) is 0 Å². The van der Waals surface area contributed by atoms with Gasteiger partial charge >= 0.3 is 0 Å². The number of carbonyl (C=O) groups is 1. The van der Waals surface area contributed by atoms with Gasteiger partial charge in [0.2, 0.25) is 15.9 Å². The number of piperidine rings is 1. The maximum absolute atomic E-state index is 12.6. The molecule has 1 heterocycles. The summed E-state index contributed by atoms with van der Waals surface area (Å²) in [5.74, 6) is 2.71. The maximum Gasteiger partial charge on any atom is 0.238 e. The number of nitrogens with one attached hydrogen (secondary N) is 1. The van der Waals surface area contributed by atoms with E-state index in [0.717, 1.165) is 37.0 Å². The lowest BCUT2D eigenvalue weighted by Crippen LogP contribution is -2.52. The van der Waals surface area contributed by atoms with Crippen molar-refractivity contribution in [2.24, 2.45) is 23.2 Å². The van der Waals surface area contributed by atoms with Gasteiger partial charge in [0.1, 0.15) is 6.04 Å². The standard InChI is InChI=1S/C19H32N2O3S/c1-25(23,24)21-7-3-2-4-17(21)18(22)20-6-5-19-11-14-8-15(12-19)10-16(9-14)13-19/h14-17H,2-13H2,1H3,(H,20,22). The van der Waals surface area contributed by atoms with Gasteiger partial charge in [0, 0.05) is 13.1 Å². The van der Waals surface area contributed by atoms with Gasteiger partial charge in [-0.05, 0) is 81.0 Å². The quantitative estimate of drug-likeness (QED) is 0.811. The van der Waals surface area contributed by atoms with Crippen LogP contribution in [-0.2, 0) is 14.8 Å². The Morgan fingerprint density at radius 3 is 2.24 bits per heavy atom. The number of carbonyl (C=O) groups excluding carboxylic acids is 1. The van der Waals surface area contributed by atoms with Crippen molar-refractivity contribution in [3.05, 3.63) is 0 Å². The molecule has 4 aliphatic carbocycles. The molecule has 4 bridgehead atoms. The second kappa shape index (κ2) is 6.52. The molecule has 5 fully saturated rings. The van der Waals surface area contributed by atoms with E-state index in [9.17, 15) is 13.2 Å². The molecule has 4 saturated carbocycles. The minimum Gasteiger partial charge on any atom is -0.355 e. The summed E-state index contributed by atoms with van der Waals surface area (Å²) >= 11 is 0. The van der Waals surface area contributed by atoms with Gasteiger partial charge in [-0.1, -0.05) is 6.42 Å². The van der Waals surface area contributed by atoms with Crippen LogP contribution in [0, 0.1) is 23.2 Å². The second-order valence-electron chi connectivity index (χ2n) is 9.34. The summed E-state index contributed by atoms with van der Waals surface area (Å²) in [7, 11) is -3.31. The van der Waals surface area contributed by atoms with E-state index >= 15 is 0 Å². The molecule has 5 nitrogen and oxygen atoms in total. The fraction of sp³-hybridized carbons (Fsp3) is 0.947. The minimum atomic E-state index is -3.31. The van der Waals surface area contributed by atoms with Crippen LogP contribution in [0.5, 0.6) is 0 Å². The van der Waals surface area contributed by atoms with Crippen molar-refractivity contribution >= 4 is 15.9 Å². The topological polar surface area (TPSA) is 66.5 Å². The summed E-state index contributed by atoms with van der Waals surface area (Å²) in [4.78, 5) is 12.6. The Labute approximate surface area is 152 Å². The van der Waals surface area contributed by atoms with Crippen LogP contribution in [0.25, 0.3) is 0 Å². The molecule has 25 heavy (non-hydrogen) atoms. The molecule has 1 N–H and O–H groups in total. The Balaban J connectivity index is 1.33. The highest BCUT2D eigenvalue weighted by Crippen LogP contribution is 2.61. The lowest BCUT2D eigenvalue weighted by molar-refractivity contribution is -0.126. The van der Waals surface area contributed by atoms with E-state index in [0.29, 0.717) is 24.9 Å². The van der Waals surface area contributed by atoms with Gasteiger partial charge in [-0.15, -0.1) is 0 Å².